The molecule has 1 N–H and O–H groups in total. The molecule has 0 saturated carbocycles. The number of hydrogen-bond donors (Lipinski definition) is 1. The summed E-state index contributed by atoms with van der Waals surface area (Å²) in [6, 6.07) is 12.2. The lowest BCUT2D eigenvalue weighted by molar-refractivity contribution is -0.118. The number of nitrogens with zero attached hydrogens (tertiary/aromatic N) is 2. The van der Waals surface area contributed by atoms with Gasteiger partial charge >= 0.3 is 0 Å². The number of benzene rings is 2. The van der Waals surface area contributed by atoms with Gasteiger partial charge in [-0.1, -0.05) is 36.0 Å². The van der Waals surface area contributed by atoms with Crippen LogP contribution in [0.1, 0.15) is 24.5 Å². The minimum absolute atomic E-state index is 0.0907. The molecule has 1 amide bonds. The maximum atomic E-state index is 13.7. The van der Waals surface area contributed by atoms with Gasteiger partial charge in [0.2, 0.25) is 5.91 Å². The zero-order chi connectivity index (χ0) is 20.6. The standard InChI is InChI=1S/C20H19F2N3O3S/c1-13(27-17-5-3-2-4-16(17)22)19-24-25-20(28-19)29-12-18(26)23-11-10-14-6-8-15(21)9-7-14/h2-9,13H,10-12H2,1H3,(H,23,26). The number of halogens is 2. The predicted octanol–water partition coefficient (Wildman–Crippen LogP) is 3.94. The Morgan fingerprint density at radius 3 is 2.69 bits per heavy atom. The van der Waals surface area contributed by atoms with Gasteiger partial charge in [0.15, 0.2) is 17.7 Å². The molecule has 0 aliphatic heterocycles. The minimum Gasteiger partial charge on any atom is -0.478 e. The van der Waals surface area contributed by atoms with Gasteiger partial charge < -0.3 is 14.5 Å². The van der Waals surface area contributed by atoms with Crippen LogP contribution in [0.3, 0.4) is 0 Å². The van der Waals surface area contributed by atoms with E-state index in [1.54, 1.807) is 31.2 Å². The highest BCUT2D eigenvalue weighted by molar-refractivity contribution is 7.99. The summed E-state index contributed by atoms with van der Waals surface area (Å²) in [4.78, 5) is 11.9. The summed E-state index contributed by atoms with van der Waals surface area (Å²) in [5, 5.41) is 10.7. The third-order valence-corrected chi connectivity index (χ3v) is 4.70. The number of hydrogen-bond acceptors (Lipinski definition) is 6. The van der Waals surface area contributed by atoms with Gasteiger partial charge in [-0.3, -0.25) is 4.79 Å². The molecular formula is C20H19F2N3O3S. The molecule has 3 aromatic rings. The van der Waals surface area contributed by atoms with Gasteiger partial charge in [0.05, 0.1) is 5.75 Å². The number of ether oxygens (including phenoxy) is 1. The summed E-state index contributed by atoms with van der Waals surface area (Å²) in [7, 11) is 0. The maximum absolute atomic E-state index is 13.7. The third kappa shape index (κ3) is 6.28. The van der Waals surface area contributed by atoms with E-state index in [9.17, 15) is 13.6 Å². The van der Waals surface area contributed by atoms with Crippen molar-refractivity contribution in [2.45, 2.75) is 24.7 Å². The highest BCUT2D eigenvalue weighted by Gasteiger charge is 2.18. The van der Waals surface area contributed by atoms with Crippen LogP contribution in [0, 0.1) is 11.6 Å². The molecule has 3 rings (SSSR count). The second-order valence-electron chi connectivity index (χ2n) is 6.11. The molecule has 0 spiro atoms. The fourth-order valence-corrected chi connectivity index (χ4v) is 3.00. The van der Waals surface area contributed by atoms with Crippen LogP contribution in [-0.2, 0) is 11.2 Å². The Morgan fingerprint density at radius 2 is 1.93 bits per heavy atom. The number of nitrogens with one attached hydrogen (secondary N) is 1. The van der Waals surface area contributed by atoms with Crippen molar-refractivity contribution in [2.24, 2.45) is 0 Å². The smallest absolute Gasteiger partial charge is 0.277 e. The Hall–Kier alpha value is -2.94. The highest BCUT2D eigenvalue weighted by Crippen LogP contribution is 2.25. The van der Waals surface area contributed by atoms with Gasteiger partial charge in [-0.25, -0.2) is 8.78 Å². The van der Waals surface area contributed by atoms with E-state index >= 15 is 0 Å². The van der Waals surface area contributed by atoms with Crippen molar-refractivity contribution in [1.82, 2.24) is 15.5 Å². The molecule has 1 unspecified atom stereocenters. The highest BCUT2D eigenvalue weighted by atomic mass is 32.2. The van der Waals surface area contributed by atoms with Crippen molar-refractivity contribution in [2.75, 3.05) is 12.3 Å². The molecular weight excluding hydrogens is 400 g/mol. The lowest BCUT2D eigenvalue weighted by Gasteiger charge is -2.11. The molecule has 1 aromatic heterocycles. The molecule has 2 aromatic carbocycles. The van der Waals surface area contributed by atoms with Crippen LogP contribution in [0.15, 0.2) is 58.2 Å². The van der Waals surface area contributed by atoms with Crippen molar-refractivity contribution in [3.63, 3.8) is 0 Å². The second-order valence-corrected chi connectivity index (χ2v) is 7.04. The number of aromatic nitrogens is 2. The van der Waals surface area contributed by atoms with E-state index in [1.807, 2.05) is 0 Å². The molecule has 1 heterocycles. The van der Waals surface area contributed by atoms with Gasteiger partial charge in [0.25, 0.3) is 11.1 Å². The van der Waals surface area contributed by atoms with E-state index in [1.165, 1.54) is 24.3 Å². The Balaban J connectivity index is 1.42. The molecule has 0 bridgehead atoms. The van der Waals surface area contributed by atoms with Crippen molar-refractivity contribution in [1.29, 1.82) is 0 Å². The summed E-state index contributed by atoms with van der Waals surface area (Å²) in [6.45, 7) is 2.10. The average Bonchev–Trinajstić information content (AvgIpc) is 3.19. The number of para-hydroxylation sites is 1. The van der Waals surface area contributed by atoms with Gasteiger partial charge in [-0.05, 0) is 43.2 Å². The molecule has 29 heavy (non-hydrogen) atoms. The zero-order valence-corrected chi connectivity index (χ0v) is 16.4. The van der Waals surface area contributed by atoms with E-state index in [4.69, 9.17) is 9.15 Å². The lowest BCUT2D eigenvalue weighted by atomic mass is 10.1. The first-order valence-corrected chi connectivity index (χ1v) is 9.88. The van der Waals surface area contributed by atoms with Crippen LogP contribution >= 0.6 is 11.8 Å². The van der Waals surface area contributed by atoms with Crippen molar-refractivity contribution in [3.05, 3.63) is 71.6 Å². The van der Waals surface area contributed by atoms with Gasteiger partial charge in [-0.15, -0.1) is 10.2 Å². The van der Waals surface area contributed by atoms with Gasteiger partial charge in [0, 0.05) is 6.54 Å². The van der Waals surface area contributed by atoms with E-state index in [0.717, 1.165) is 17.3 Å². The third-order valence-electron chi connectivity index (χ3n) is 3.89. The number of carbonyl (C=O) groups excluding carboxylic acids is 1. The molecule has 152 valence electrons. The molecule has 0 aliphatic rings. The van der Waals surface area contributed by atoms with Crippen molar-refractivity contribution in [3.8, 4) is 5.75 Å². The van der Waals surface area contributed by atoms with Crippen molar-refractivity contribution >= 4 is 17.7 Å². The van der Waals surface area contributed by atoms with Gasteiger partial charge in [0.1, 0.15) is 5.82 Å². The number of amides is 1. The second kappa shape index (κ2) is 10.0. The van der Waals surface area contributed by atoms with Gasteiger partial charge in [-0.2, -0.15) is 0 Å². The van der Waals surface area contributed by atoms with Crippen LogP contribution in [0.2, 0.25) is 0 Å². The van der Waals surface area contributed by atoms with E-state index in [0.29, 0.717) is 13.0 Å². The van der Waals surface area contributed by atoms with Crippen LogP contribution < -0.4 is 10.1 Å². The topological polar surface area (TPSA) is 77.2 Å². The molecule has 0 saturated heterocycles. The average molecular weight is 419 g/mol. The van der Waals surface area contributed by atoms with Crippen LogP contribution in [0.25, 0.3) is 0 Å². The van der Waals surface area contributed by atoms with Crippen LogP contribution in [0.4, 0.5) is 8.78 Å². The molecule has 0 radical (unpaired) electrons. The maximum Gasteiger partial charge on any atom is 0.277 e. The number of rotatable bonds is 9. The summed E-state index contributed by atoms with van der Waals surface area (Å²) in [6.07, 6.45) is -0.0370. The normalized spacial score (nSPS) is 11.8. The first-order chi connectivity index (χ1) is 14.0. The van der Waals surface area contributed by atoms with E-state index < -0.39 is 11.9 Å². The Kier molecular flexibility index (Phi) is 7.18. The summed E-state index contributed by atoms with van der Waals surface area (Å²) in [5.74, 6) is -0.575. The molecule has 9 heteroatoms. The fourth-order valence-electron chi connectivity index (χ4n) is 2.40. The largest absolute Gasteiger partial charge is 0.478 e. The first-order valence-electron chi connectivity index (χ1n) is 8.90. The van der Waals surface area contributed by atoms with Crippen LogP contribution in [0.5, 0.6) is 5.75 Å². The monoisotopic (exact) mass is 419 g/mol. The fraction of sp³-hybridized carbons (Fsp3) is 0.250. The predicted molar refractivity (Wildman–Crippen MR) is 104 cm³/mol. The zero-order valence-electron chi connectivity index (χ0n) is 15.6. The summed E-state index contributed by atoms with van der Waals surface area (Å²) in [5.41, 5.74) is 0.935. The lowest BCUT2D eigenvalue weighted by Crippen LogP contribution is -2.27. The molecule has 0 aliphatic carbocycles. The summed E-state index contributed by atoms with van der Waals surface area (Å²) < 4.78 is 37.5. The SMILES string of the molecule is CC(Oc1ccccc1F)c1nnc(SCC(=O)NCCc2ccc(F)cc2)o1. The Labute approximate surface area is 170 Å². The van der Waals surface area contributed by atoms with Crippen LogP contribution in [-0.4, -0.2) is 28.4 Å². The Morgan fingerprint density at radius 1 is 1.17 bits per heavy atom. The number of thioether (sulfide) groups is 1. The van der Waals surface area contributed by atoms with E-state index in [2.05, 4.69) is 15.5 Å². The van der Waals surface area contributed by atoms with E-state index in [-0.39, 0.29) is 34.3 Å². The minimum atomic E-state index is -0.640. The summed E-state index contributed by atoms with van der Waals surface area (Å²) >= 11 is 1.09. The first kappa shape index (κ1) is 20.8. The quantitative estimate of drug-likeness (QED) is 0.530. The molecule has 1 atom stereocenters. The molecule has 6 nitrogen and oxygen atoms in total. The Bertz CT molecular complexity index is 950. The number of carbonyl (C=O) groups is 1. The molecule has 0 fully saturated rings. The van der Waals surface area contributed by atoms with Crippen molar-refractivity contribution < 1.29 is 22.7 Å².